The van der Waals surface area contributed by atoms with Crippen LogP contribution in [0.15, 0.2) is 12.1 Å². The van der Waals surface area contributed by atoms with Crippen LogP contribution in [-0.2, 0) is 4.79 Å². The zero-order valence-corrected chi connectivity index (χ0v) is 10.9. The van der Waals surface area contributed by atoms with Crippen molar-refractivity contribution in [3.63, 3.8) is 0 Å². The van der Waals surface area contributed by atoms with E-state index in [1.54, 1.807) is 0 Å². The summed E-state index contributed by atoms with van der Waals surface area (Å²) >= 11 is 11.6. The summed E-state index contributed by atoms with van der Waals surface area (Å²) in [6.07, 6.45) is 1.30. The molecule has 18 heavy (non-hydrogen) atoms. The number of carbonyl (C=O) groups is 2. The van der Waals surface area contributed by atoms with Gasteiger partial charge in [0.05, 0.1) is 5.02 Å². The van der Waals surface area contributed by atoms with E-state index < -0.39 is 17.9 Å². The van der Waals surface area contributed by atoms with Crippen LogP contribution in [0.25, 0.3) is 0 Å². The van der Waals surface area contributed by atoms with Crippen LogP contribution in [0.5, 0.6) is 0 Å². The lowest BCUT2D eigenvalue weighted by Gasteiger charge is -2.22. The molecular formula is C11H11Cl2N3O2. The van der Waals surface area contributed by atoms with Gasteiger partial charge in [0.15, 0.2) is 0 Å². The van der Waals surface area contributed by atoms with Gasteiger partial charge in [-0.2, -0.15) is 0 Å². The molecule has 1 aromatic heterocycles. The summed E-state index contributed by atoms with van der Waals surface area (Å²) in [6.45, 7) is 0.469. The van der Waals surface area contributed by atoms with E-state index in [0.29, 0.717) is 13.0 Å². The number of halogens is 2. The Hall–Kier alpha value is -1.33. The molecule has 0 aromatic carbocycles. The number of amides is 2. The highest BCUT2D eigenvalue weighted by molar-refractivity contribution is 6.34. The Kier molecular flexibility index (Phi) is 3.73. The van der Waals surface area contributed by atoms with E-state index in [-0.39, 0.29) is 15.9 Å². The second-order valence-electron chi connectivity index (χ2n) is 4.02. The molecule has 1 atom stereocenters. The lowest BCUT2D eigenvalue weighted by Crippen LogP contribution is -2.44. The monoisotopic (exact) mass is 287 g/mol. The Morgan fingerprint density at radius 1 is 1.39 bits per heavy atom. The van der Waals surface area contributed by atoms with Crippen molar-refractivity contribution in [2.75, 3.05) is 6.54 Å². The first-order chi connectivity index (χ1) is 8.50. The second kappa shape index (κ2) is 5.12. The minimum absolute atomic E-state index is 0.0531. The molecule has 2 rings (SSSR count). The van der Waals surface area contributed by atoms with Crippen LogP contribution in [0.2, 0.25) is 10.2 Å². The molecular weight excluding hydrogens is 277 g/mol. The minimum Gasteiger partial charge on any atom is -0.368 e. The van der Waals surface area contributed by atoms with Gasteiger partial charge in [-0.25, -0.2) is 4.98 Å². The van der Waals surface area contributed by atoms with Gasteiger partial charge in [0.1, 0.15) is 16.9 Å². The summed E-state index contributed by atoms with van der Waals surface area (Å²) in [5.74, 6) is -0.928. The van der Waals surface area contributed by atoms with Crippen molar-refractivity contribution in [3.8, 4) is 0 Å². The fourth-order valence-electron chi connectivity index (χ4n) is 2.01. The van der Waals surface area contributed by atoms with Crippen LogP contribution < -0.4 is 5.73 Å². The molecule has 1 unspecified atom stereocenters. The Labute approximate surface area is 114 Å². The van der Waals surface area contributed by atoms with Crippen molar-refractivity contribution in [1.82, 2.24) is 9.88 Å². The highest BCUT2D eigenvalue weighted by Crippen LogP contribution is 2.23. The number of hydrogen-bond donors (Lipinski definition) is 1. The molecule has 1 fully saturated rings. The fourth-order valence-corrected chi connectivity index (χ4v) is 2.34. The van der Waals surface area contributed by atoms with Crippen molar-refractivity contribution < 1.29 is 9.59 Å². The second-order valence-corrected chi connectivity index (χ2v) is 4.82. The highest BCUT2D eigenvalue weighted by Gasteiger charge is 2.34. The van der Waals surface area contributed by atoms with Crippen molar-refractivity contribution >= 4 is 35.0 Å². The quantitative estimate of drug-likeness (QED) is 0.837. The number of rotatable bonds is 2. The number of nitrogens with two attached hydrogens (primary N) is 1. The summed E-state index contributed by atoms with van der Waals surface area (Å²) in [5, 5.41) is 0.386. The average molecular weight is 288 g/mol. The fraction of sp³-hybridized carbons (Fsp3) is 0.364. The van der Waals surface area contributed by atoms with Crippen LogP contribution in [0.4, 0.5) is 0 Å². The van der Waals surface area contributed by atoms with Gasteiger partial charge in [-0.3, -0.25) is 9.59 Å². The van der Waals surface area contributed by atoms with E-state index in [9.17, 15) is 9.59 Å². The molecule has 2 heterocycles. The van der Waals surface area contributed by atoms with Crippen molar-refractivity contribution in [2.45, 2.75) is 18.9 Å². The van der Waals surface area contributed by atoms with Crippen molar-refractivity contribution in [3.05, 3.63) is 28.0 Å². The first-order valence-electron chi connectivity index (χ1n) is 5.43. The minimum atomic E-state index is -0.589. The van der Waals surface area contributed by atoms with Gasteiger partial charge in [0, 0.05) is 6.54 Å². The first kappa shape index (κ1) is 13.1. The molecule has 1 aliphatic heterocycles. The number of primary amides is 1. The number of pyridine rings is 1. The molecule has 96 valence electrons. The summed E-state index contributed by atoms with van der Waals surface area (Å²) in [6, 6.07) is 2.41. The van der Waals surface area contributed by atoms with Gasteiger partial charge < -0.3 is 10.6 Å². The molecule has 0 spiro atoms. The predicted octanol–water partition coefficient (Wildman–Crippen LogP) is 1.48. The van der Waals surface area contributed by atoms with Crippen LogP contribution >= 0.6 is 23.2 Å². The van der Waals surface area contributed by atoms with Crippen molar-refractivity contribution in [2.24, 2.45) is 5.73 Å². The maximum Gasteiger partial charge on any atom is 0.274 e. The van der Waals surface area contributed by atoms with Gasteiger partial charge in [0.2, 0.25) is 5.91 Å². The Morgan fingerprint density at radius 2 is 2.11 bits per heavy atom. The number of likely N-dealkylation sites (tertiary alicyclic amines) is 1. The first-order valence-corrected chi connectivity index (χ1v) is 6.18. The third-order valence-corrected chi connectivity index (χ3v) is 3.37. The summed E-state index contributed by atoms with van der Waals surface area (Å²) in [7, 11) is 0. The smallest absolute Gasteiger partial charge is 0.274 e. The lowest BCUT2D eigenvalue weighted by atomic mass is 10.2. The molecule has 5 nitrogen and oxygen atoms in total. The van der Waals surface area contributed by atoms with E-state index in [1.807, 2.05) is 0 Å². The lowest BCUT2D eigenvalue weighted by molar-refractivity contribution is -0.121. The third kappa shape index (κ3) is 2.42. The molecule has 0 radical (unpaired) electrons. The number of nitrogens with zero attached hydrogens (tertiary/aromatic N) is 2. The standard InChI is InChI=1S/C11H11Cl2N3O2/c12-6-3-4-8(13)15-9(6)11(18)16-5-1-2-7(16)10(14)17/h3-4,7H,1-2,5H2,(H2,14,17). The number of aromatic nitrogens is 1. The van der Waals surface area contributed by atoms with Crippen LogP contribution in [-0.4, -0.2) is 34.3 Å². The third-order valence-electron chi connectivity index (χ3n) is 2.86. The van der Waals surface area contributed by atoms with Gasteiger partial charge in [-0.1, -0.05) is 23.2 Å². The van der Waals surface area contributed by atoms with Gasteiger partial charge in [0.25, 0.3) is 5.91 Å². The van der Waals surface area contributed by atoms with E-state index in [4.69, 9.17) is 28.9 Å². The summed E-state index contributed by atoms with van der Waals surface area (Å²) in [5.41, 5.74) is 5.31. The molecule has 0 bridgehead atoms. The zero-order chi connectivity index (χ0) is 13.3. The van der Waals surface area contributed by atoms with Crippen LogP contribution in [0, 0.1) is 0 Å². The molecule has 1 saturated heterocycles. The average Bonchev–Trinajstić information content (AvgIpc) is 2.80. The predicted molar refractivity (Wildman–Crippen MR) is 67.5 cm³/mol. The Bertz CT molecular complexity index is 507. The summed E-state index contributed by atoms with van der Waals surface area (Å²) in [4.78, 5) is 28.8. The molecule has 2 N–H and O–H groups in total. The van der Waals surface area contributed by atoms with E-state index >= 15 is 0 Å². The van der Waals surface area contributed by atoms with Crippen LogP contribution in [0.3, 0.4) is 0 Å². The van der Waals surface area contributed by atoms with E-state index in [0.717, 1.165) is 6.42 Å². The number of carbonyl (C=O) groups excluding carboxylic acids is 2. The Balaban J connectivity index is 2.31. The topological polar surface area (TPSA) is 76.3 Å². The molecule has 1 aromatic rings. The largest absolute Gasteiger partial charge is 0.368 e. The Morgan fingerprint density at radius 3 is 2.78 bits per heavy atom. The zero-order valence-electron chi connectivity index (χ0n) is 9.40. The molecule has 0 saturated carbocycles. The molecule has 7 heteroatoms. The van der Waals surface area contributed by atoms with Gasteiger partial charge >= 0.3 is 0 Å². The highest BCUT2D eigenvalue weighted by atomic mass is 35.5. The van der Waals surface area contributed by atoms with Gasteiger partial charge in [-0.15, -0.1) is 0 Å². The molecule has 0 aliphatic carbocycles. The maximum absolute atomic E-state index is 12.2. The van der Waals surface area contributed by atoms with E-state index in [1.165, 1.54) is 17.0 Å². The molecule has 1 aliphatic rings. The van der Waals surface area contributed by atoms with Crippen LogP contribution in [0.1, 0.15) is 23.3 Å². The van der Waals surface area contributed by atoms with Crippen molar-refractivity contribution in [1.29, 1.82) is 0 Å². The normalized spacial score (nSPS) is 19.0. The van der Waals surface area contributed by atoms with Gasteiger partial charge in [-0.05, 0) is 25.0 Å². The summed E-state index contributed by atoms with van der Waals surface area (Å²) < 4.78 is 0. The molecule has 2 amide bonds. The maximum atomic E-state index is 12.2. The van der Waals surface area contributed by atoms with E-state index in [2.05, 4.69) is 4.98 Å². The number of hydrogen-bond acceptors (Lipinski definition) is 3. The SMILES string of the molecule is NC(=O)C1CCCN1C(=O)c1nc(Cl)ccc1Cl.